The molecule has 107 heavy (non-hydrogen) atoms. The summed E-state index contributed by atoms with van der Waals surface area (Å²) in [6, 6.07) is -8.38. The van der Waals surface area contributed by atoms with Gasteiger partial charge < -0.3 is 70.9 Å². The van der Waals surface area contributed by atoms with Crippen LogP contribution in [0, 0.1) is 41.4 Å². The number of nitrogens with one attached hydrogen (secondary N) is 4. The van der Waals surface area contributed by atoms with E-state index in [1.807, 2.05) is 55.4 Å². The summed E-state index contributed by atoms with van der Waals surface area (Å²) in [5.41, 5.74) is 0.526. The number of nitrogens with zero attached hydrogens (tertiary/aromatic N) is 7. The minimum absolute atomic E-state index is 0.00843. The Morgan fingerprint density at radius 1 is 0.439 bits per heavy atom. The van der Waals surface area contributed by atoms with E-state index < -0.39 is 161 Å². The van der Waals surface area contributed by atoms with Crippen LogP contribution >= 0.6 is 11.8 Å². The lowest BCUT2D eigenvalue weighted by Gasteiger charge is -2.41. The van der Waals surface area contributed by atoms with Crippen LogP contribution in [0.2, 0.25) is 0 Å². The third kappa shape index (κ3) is 29.0. The number of aromatic carboxylic acids is 1. The Labute approximate surface area is 642 Å². The van der Waals surface area contributed by atoms with Crippen LogP contribution in [0.3, 0.4) is 0 Å². The van der Waals surface area contributed by atoms with Crippen molar-refractivity contribution in [3.63, 3.8) is 0 Å². The molecule has 0 radical (unpaired) electrons. The molecule has 1 saturated heterocycles. The van der Waals surface area contributed by atoms with Crippen LogP contribution in [0.1, 0.15) is 228 Å². The smallest absolute Gasteiger partial charge is 0.335 e. The van der Waals surface area contributed by atoms with Gasteiger partial charge in [0.2, 0.25) is 65.0 Å². The van der Waals surface area contributed by atoms with Gasteiger partial charge in [0.25, 0.3) is 0 Å². The van der Waals surface area contributed by atoms with Gasteiger partial charge in [-0.3, -0.25) is 57.5 Å². The predicted octanol–water partition coefficient (Wildman–Crippen LogP) is 6.88. The van der Waals surface area contributed by atoms with E-state index in [0.29, 0.717) is 49.8 Å². The fraction of sp³-hybridized carbons (Fsp3) is 0.759. The van der Waals surface area contributed by atoms with Crippen LogP contribution in [-0.2, 0) is 52.7 Å². The van der Waals surface area contributed by atoms with Crippen molar-refractivity contribution < 1.29 is 77.6 Å². The molecule has 2 rings (SSSR count). The van der Waals surface area contributed by atoms with Gasteiger partial charge in [-0.1, -0.05) is 141 Å². The van der Waals surface area contributed by atoms with Crippen molar-refractivity contribution in [1.82, 2.24) is 55.6 Å². The SMILES string of the molecule is CC[C@@H]1NC(=O)[C@H]([C@H](O)[C@H](C)CCCCCCCCC(=O)c2ccc(C(=O)O)cc2)N(C)C(=O)[C@H](C(C)C)N(C)C(=O)[C@H](CC(C)C)N(C)C(=O)[C@H](CC(C)C)N(C)C(=O)[C@@H](C)NC(=O)[C@H](C)NC(=O)[C@H](CC(C)C)N(C)C(=O)[C@H](C(C)C)NC(=O)[C@H](CC(C)C)N(C)C(=O)[C@@H](CSCCCCO)N(C)C1=O. The average Bonchev–Trinajstić information content (AvgIpc) is 0.787. The van der Waals surface area contributed by atoms with Crippen molar-refractivity contribution in [3.8, 4) is 0 Å². The van der Waals surface area contributed by atoms with Gasteiger partial charge in [0.1, 0.15) is 66.5 Å². The van der Waals surface area contributed by atoms with E-state index in [1.165, 1.54) is 129 Å². The largest absolute Gasteiger partial charge is 0.478 e. The lowest BCUT2D eigenvalue weighted by Crippen LogP contribution is -2.64. The van der Waals surface area contributed by atoms with Gasteiger partial charge in [-0.25, -0.2) is 4.79 Å². The third-order valence-electron chi connectivity index (χ3n) is 20.4. The summed E-state index contributed by atoms with van der Waals surface area (Å²) in [6.45, 7) is 28.0. The number of aliphatic hydroxyl groups excluding tert-OH is 2. The second-order valence-electron chi connectivity index (χ2n) is 32.0. The minimum atomic E-state index is -1.69. The number of hydrogen-bond donors (Lipinski definition) is 7. The molecule has 1 fully saturated rings. The number of ketones is 1. The summed E-state index contributed by atoms with van der Waals surface area (Å²) in [5, 5.41) is 42.8. The molecule has 0 bridgehead atoms. The molecule has 1 heterocycles. The van der Waals surface area contributed by atoms with E-state index in [2.05, 4.69) is 21.3 Å². The number of rotatable bonds is 30. The monoisotopic (exact) mass is 1530 g/mol. The van der Waals surface area contributed by atoms with E-state index >= 15 is 28.8 Å². The van der Waals surface area contributed by atoms with Crippen molar-refractivity contribution in [1.29, 1.82) is 0 Å². The van der Waals surface area contributed by atoms with Crippen LogP contribution < -0.4 is 21.3 Å². The maximum atomic E-state index is 15.6. The summed E-state index contributed by atoms with van der Waals surface area (Å²) in [6.07, 6.45) is 4.84. The van der Waals surface area contributed by atoms with E-state index in [4.69, 9.17) is 0 Å². The van der Waals surface area contributed by atoms with Crippen LogP contribution in [0.5, 0.6) is 0 Å². The molecule has 1 aliphatic rings. The molecular weight excluding hydrogens is 1390 g/mol. The standard InChI is InChI=1S/C79H135N11O16S/c1-24-57-73(99)88(21)62(45-107-40-32-31-39-91)76(102)84(17)59(42-47(4)5)70(96)83-64(50(10)11)77(103)85(18)58(41-46(2)3)69(95)80-53(15)68(94)81-54(16)72(98)86(19)60(43-48(6)7)74(100)87(20)61(44-49(8)9)75(101)89(22)65(51(12)13)78(104)90(23)66(71(97)82-57)67(93)52(14)33-29-27-25-26-28-30-34-63(92)55-35-37-56(38-36-55)79(105)106/h35-38,46-54,57-62,64-67,91,93H,24-34,39-45H2,1-23H3,(H,80,95)(H,81,94)(H,82,97)(H,83,96)(H,105,106)/t52-,53+,54-,57+,58+,59+,60+,61+,62-,64+,65+,66+,67-/m1/s1. The highest BCUT2D eigenvalue weighted by molar-refractivity contribution is 7.99. The number of aliphatic hydroxyl groups is 2. The second kappa shape index (κ2) is 46.3. The number of hydrogen-bond acceptors (Lipinski definition) is 16. The Morgan fingerprint density at radius 3 is 1.35 bits per heavy atom. The van der Waals surface area contributed by atoms with E-state index in [1.54, 1.807) is 41.5 Å². The quantitative estimate of drug-likeness (QED) is 0.0305. The Kier molecular flexibility index (Phi) is 41.5. The Balaban J connectivity index is 3.00. The van der Waals surface area contributed by atoms with Gasteiger partial charge in [0, 0.05) is 73.7 Å². The number of thioether (sulfide) groups is 1. The lowest BCUT2D eigenvalue weighted by atomic mass is 9.90. The lowest BCUT2D eigenvalue weighted by molar-refractivity contribution is -0.157. The molecule has 0 unspecified atom stereocenters. The fourth-order valence-corrected chi connectivity index (χ4v) is 14.7. The summed E-state index contributed by atoms with van der Waals surface area (Å²) >= 11 is 1.34. The molecule has 0 aliphatic carbocycles. The minimum Gasteiger partial charge on any atom is -0.478 e. The number of Topliss-reactive ketones (excluding diaryl/α,β-unsaturated/α-hetero) is 1. The summed E-state index contributed by atoms with van der Waals surface area (Å²) in [4.78, 5) is 198. The molecule has 608 valence electrons. The number of likely N-dealkylation sites (N-methyl/N-ethyl adjacent to an activating group) is 7. The van der Waals surface area contributed by atoms with Gasteiger partial charge in [-0.2, -0.15) is 11.8 Å². The predicted molar refractivity (Wildman–Crippen MR) is 416 cm³/mol. The van der Waals surface area contributed by atoms with Gasteiger partial charge in [-0.15, -0.1) is 0 Å². The third-order valence-corrected chi connectivity index (χ3v) is 21.5. The summed E-state index contributed by atoms with van der Waals surface area (Å²) in [7, 11) is 9.97. The molecule has 1 aromatic rings. The highest BCUT2D eigenvalue weighted by Crippen LogP contribution is 2.28. The first-order valence-electron chi connectivity index (χ1n) is 38.7. The van der Waals surface area contributed by atoms with Crippen molar-refractivity contribution in [2.75, 3.05) is 67.4 Å². The molecule has 28 heteroatoms. The normalized spacial score (nSPS) is 24.3. The molecule has 1 aliphatic heterocycles. The number of amides is 11. The van der Waals surface area contributed by atoms with Gasteiger partial charge in [0.15, 0.2) is 5.78 Å². The van der Waals surface area contributed by atoms with Crippen LogP contribution in [0.25, 0.3) is 0 Å². The van der Waals surface area contributed by atoms with E-state index in [9.17, 15) is 48.9 Å². The zero-order valence-electron chi connectivity index (χ0n) is 68.7. The van der Waals surface area contributed by atoms with Crippen molar-refractivity contribution in [2.24, 2.45) is 41.4 Å². The van der Waals surface area contributed by atoms with Crippen LogP contribution in [-0.4, -0.2) is 266 Å². The van der Waals surface area contributed by atoms with Crippen LogP contribution in [0.15, 0.2) is 24.3 Å². The Bertz CT molecular complexity index is 3100. The second-order valence-corrected chi connectivity index (χ2v) is 33.1. The summed E-state index contributed by atoms with van der Waals surface area (Å²) in [5.74, 6) is -11.0. The first kappa shape index (κ1) is 95.9. The van der Waals surface area contributed by atoms with Crippen molar-refractivity contribution >= 4 is 88.5 Å². The number of carbonyl (C=O) groups is 13. The van der Waals surface area contributed by atoms with E-state index in [0.717, 1.165) is 30.6 Å². The molecular formula is C79H135N11O16S. The highest BCUT2D eigenvalue weighted by atomic mass is 32.2. The molecule has 0 spiro atoms. The maximum absolute atomic E-state index is 15.6. The first-order valence-corrected chi connectivity index (χ1v) is 39.9. The zero-order chi connectivity index (χ0) is 81.8. The molecule has 27 nitrogen and oxygen atoms in total. The van der Waals surface area contributed by atoms with E-state index in [-0.39, 0.29) is 79.5 Å². The number of carboxylic acid groups (broad SMARTS) is 1. The molecule has 1 aromatic carbocycles. The summed E-state index contributed by atoms with van der Waals surface area (Å²) < 4.78 is 0. The van der Waals surface area contributed by atoms with Gasteiger partial charge in [-0.05, 0) is 131 Å². The highest BCUT2D eigenvalue weighted by Gasteiger charge is 2.47. The molecule has 11 amide bonds. The molecule has 7 N–H and O–H groups in total. The van der Waals surface area contributed by atoms with Crippen LogP contribution in [0.4, 0.5) is 0 Å². The van der Waals surface area contributed by atoms with Crippen molar-refractivity contribution in [3.05, 3.63) is 35.4 Å². The zero-order valence-corrected chi connectivity index (χ0v) is 69.5. The van der Waals surface area contributed by atoms with Gasteiger partial charge in [0.05, 0.1) is 11.7 Å². The Morgan fingerprint density at radius 2 is 0.860 bits per heavy atom. The Hall–Kier alpha value is -7.20. The first-order chi connectivity index (χ1) is 49.9. The number of unbranched alkanes of at least 4 members (excludes halogenated alkanes) is 6. The molecule has 0 saturated carbocycles. The maximum Gasteiger partial charge on any atom is 0.335 e. The topological polar surface area (TPSA) is 353 Å². The number of benzene rings is 1. The van der Waals surface area contributed by atoms with Gasteiger partial charge >= 0.3 is 5.97 Å². The average molecular weight is 1530 g/mol. The molecule has 13 atom stereocenters. The van der Waals surface area contributed by atoms with Crippen molar-refractivity contribution in [2.45, 2.75) is 280 Å². The number of carbonyl (C=O) groups excluding carboxylic acids is 12. The molecule has 0 aromatic heterocycles. The fourth-order valence-electron chi connectivity index (χ4n) is 13.6. The number of carboxylic acids is 1.